The molecule has 0 bridgehead atoms. The minimum Gasteiger partial charge on any atom is -0.494 e. The van der Waals surface area contributed by atoms with Crippen molar-refractivity contribution in [3.05, 3.63) is 96.4 Å². The number of hydrogen-bond acceptors (Lipinski definition) is 9. The molecular formula is C40H41N3O7. The highest BCUT2D eigenvalue weighted by molar-refractivity contribution is 5.90. The number of carbonyl (C=O) groups excluding carboxylic acids is 1. The average molecular weight is 676 g/mol. The van der Waals surface area contributed by atoms with Crippen LogP contribution in [0.15, 0.2) is 94.2 Å². The van der Waals surface area contributed by atoms with Crippen LogP contribution in [0.2, 0.25) is 0 Å². The normalized spacial score (nSPS) is 13.1. The Balaban J connectivity index is 0.000000178. The van der Waals surface area contributed by atoms with E-state index in [0.717, 1.165) is 101 Å². The molecule has 1 saturated heterocycles. The molecule has 0 spiro atoms. The van der Waals surface area contributed by atoms with Gasteiger partial charge in [-0.2, -0.15) is 0 Å². The molecule has 6 aromatic rings. The predicted molar refractivity (Wildman–Crippen MR) is 191 cm³/mol. The summed E-state index contributed by atoms with van der Waals surface area (Å²) in [7, 11) is 0. The summed E-state index contributed by atoms with van der Waals surface area (Å²) in [6, 6.07) is 21.2. The first kappa shape index (κ1) is 34.4. The molecule has 0 amide bonds. The Bertz CT molecular complexity index is 2040. The van der Waals surface area contributed by atoms with Gasteiger partial charge < -0.3 is 23.4 Å². The number of fused-ring (bicyclic) bond motifs is 2. The number of aldehydes is 1. The molecule has 0 unspecified atom stereocenters. The molecule has 0 saturated carbocycles. The first-order valence-corrected chi connectivity index (χ1v) is 17.1. The van der Waals surface area contributed by atoms with Crippen molar-refractivity contribution in [1.82, 2.24) is 14.9 Å². The van der Waals surface area contributed by atoms with E-state index in [1.54, 1.807) is 12.3 Å². The molecular weight excluding hydrogens is 634 g/mol. The lowest BCUT2D eigenvalue weighted by molar-refractivity contribution is -0.147. The monoisotopic (exact) mass is 675 g/mol. The molecule has 0 radical (unpaired) electrons. The van der Waals surface area contributed by atoms with E-state index in [1.807, 2.05) is 66.9 Å². The zero-order valence-electron chi connectivity index (χ0n) is 28.3. The van der Waals surface area contributed by atoms with Crippen LogP contribution >= 0.6 is 0 Å². The third kappa shape index (κ3) is 8.38. The van der Waals surface area contributed by atoms with Crippen LogP contribution in [-0.4, -0.2) is 58.5 Å². The van der Waals surface area contributed by atoms with E-state index in [0.29, 0.717) is 31.0 Å². The van der Waals surface area contributed by atoms with E-state index in [9.17, 15) is 9.59 Å². The molecule has 1 aliphatic heterocycles. The van der Waals surface area contributed by atoms with Crippen molar-refractivity contribution >= 4 is 34.2 Å². The first-order chi connectivity index (χ1) is 24.4. The smallest absolute Gasteiger partial charge is 0.309 e. The number of ether oxygens (including phenoxy) is 2. The van der Waals surface area contributed by atoms with Crippen molar-refractivity contribution in [2.75, 3.05) is 26.3 Å². The topological polar surface area (TPSA) is 128 Å². The second-order valence-corrected chi connectivity index (χ2v) is 12.4. The van der Waals surface area contributed by atoms with Crippen molar-refractivity contribution in [2.45, 2.75) is 46.1 Å². The number of rotatable bonds is 14. The maximum Gasteiger partial charge on any atom is 0.309 e. The van der Waals surface area contributed by atoms with Crippen molar-refractivity contribution in [1.29, 1.82) is 0 Å². The van der Waals surface area contributed by atoms with Gasteiger partial charge in [0.25, 0.3) is 0 Å². The largest absolute Gasteiger partial charge is 0.494 e. The quantitative estimate of drug-likeness (QED) is 0.0885. The summed E-state index contributed by atoms with van der Waals surface area (Å²) < 4.78 is 23.2. The second kappa shape index (κ2) is 16.3. The molecule has 10 nitrogen and oxygen atoms in total. The van der Waals surface area contributed by atoms with E-state index in [1.165, 1.54) is 6.20 Å². The molecule has 5 heterocycles. The van der Waals surface area contributed by atoms with Gasteiger partial charge in [-0.05, 0) is 79.1 Å². The number of aliphatic carboxylic acids is 1. The van der Waals surface area contributed by atoms with E-state index < -0.39 is 5.97 Å². The second-order valence-electron chi connectivity index (χ2n) is 12.4. The number of likely N-dealkylation sites (tertiary alicyclic amines) is 1. The highest BCUT2D eigenvalue weighted by atomic mass is 16.5. The summed E-state index contributed by atoms with van der Waals surface area (Å²) in [6.45, 7) is 7.63. The molecule has 4 aromatic heterocycles. The summed E-state index contributed by atoms with van der Waals surface area (Å²) in [5.41, 5.74) is 4.68. The Hall–Kier alpha value is -5.48. The lowest BCUT2D eigenvalue weighted by Gasteiger charge is -2.36. The lowest BCUT2D eigenvalue weighted by Crippen LogP contribution is -2.49. The van der Waals surface area contributed by atoms with Crippen LogP contribution in [0.1, 0.15) is 55.5 Å². The molecule has 0 atom stereocenters. The number of furan rings is 2. The lowest BCUT2D eigenvalue weighted by atomic mass is 10.00. The maximum absolute atomic E-state index is 11.1. The van der Waals surface area contributed by atoms with Crippen molar-refractivity contribution in [3.63, 3.8) is 0 Å². The molecule has 7 rings (SSSR count). The number of aromatic nitrogens is 2. The number of carboxylic acids is 1. The summed E-state index contributed by atoms with van der Waals surface area (Å²) in [5.74, 6) is 2.11. The third-order valence-corrected chi connectivity index (χ3v) is 8.54. The number of carboxylic acid groups (broad SMARTS) is 1. The summed E-state index contributed by atoms with van der Waals surface area (Å²) in [4.78, 5) is 32.6. The zero-order valence-corrected chi connectivity index (χ0v) is 28.3. The molecule has 50 heavy (non-hydrogen) atoms. The fourth-order valence-electron chi connectivity index (χ4n) is 5.65. The van der Waals surface area contributed by atoms with Gasteiger partial charge in [0.05, 0.1) is 19.1 Å². The minimum atomic E-state index is -0.714. The van der Waals surface area contributed by atoms with Gasteiger partial charge in [0.2, 0.25) is 0 Å². The molecule has 0 aliphatic carbocycles. The Morgan fingerprint density at radius 1 is 0.860 bits per heavy atom. The molecule has 1 N–H and O–H groups in total. The fraction of sp³-hybridized carbons (Fsp3) is 0.300. The Morgan fingerprint density at radius 3 is 2.08 bits per heavy atom. The van der Waals surface area contributed by atoms with Crippen LogP contribution in [0.3, 0.4) is 0 Å². The molecule has 1 aliphatic rings. The SMILES string of the molecule is CCCCOc1ccc2oc(-c3ccc(CN4CC(C(=O)O)C4)cn3)cc2c1.CCCCOc1ccc2oc(-c3ccncc3C=O)cc2c1. The van der Waals surface area contributed by atoms with Crippen LogP contribution < -0.4 is 9.47 Å². The van der Waals surface area contributed by atoms with E-state index in [2.05, 4.69) is 28.7 Å². The Morgan fingerprint density at radius 2 is 1.50 bits per heavy atom. The fourth-order valence-corrected chi connectivity index (χ4v) is 5.65. The van der Waals surface area contributed by atoms with Gasteiger partial charge in [0.15, 0.2) is 12.0 Å². The Kier molecular flexibility index (Phi) is 11.2. The highest BCUT2D eigenvalue weighted by Gasteiger charge is 2.32. The van der Waals surface area contributed by atoms with Crippen molar-refractivity contribution < 1.29 is 33.0 Å². The van der Waals surface area contributed by atoms with Gasteiger partial charge in [-0.15, -0.1) is 0 Å². The maximum atomic E-state index is 11.1. The van der Waals surface area contributed by atoms with E-state index >= 15 is 0 Å². The predicted octanol–water partition coefficient (Wildman–Crippen LogP) is 8.68. The van der Waals surface area contributed by atoms with Gasteiger partial charge in [-0.3, -0.25) is 24.5 Å². The average Bonchev–Trinajstić information content (AvgIpc) is 3.74. The molecule has 10 heteroatoms. The van der Waals surface area contributed by atoms with E-state index in [-0.39, 0.29) is 5.92 Å². The van der Waals surface area contributed by atoms with Gasteiger partial charge in [0, 0.05) is 60.1 Å². The van der Waals surface area contributed by atoms with Crippen LogP contribution in [0, 0.1) is 5.92 Å². The Labute approximate surface area is 290 Å². The number of nitrogens with zero attached hydrogens (tertiary/aromatic N) is 3. The minimum absolute atomic E-state index is 0.237. The molecule has 1 fully saturated rings. The molecule has 2 aromatic carbocycles. The number of pyridine rings is 2. The van der Waals surface area contributed by atoms with Crippen molar-refractivity contribution in [3.8, 4) is 34.3 Å². The molecule has 258 valence electrons. The number of unbranched alkanes of at least 4 members (excludes halogenated alkanes) is 2. The summed E-state index contributed by atoms with van der Waals surface area (Å²) >= 11 is 0. The standard InChI is InChI=1S/C22H24N2O4.C18H17NO3/c1-2-3-8-27-18-5-7-20-16(9-18)10-21(28-20)19-6-4-15(11-23-19)12-24-13-17(14-24)22(25)26;1-2-3-8-21-15-4-5-17-13(9-15)10-18(22-17)16-6-7-19-11-14(16)12-20/h4-7,9-11,17H,2-3,8,12-14H2,1H3,(H,25,26);4-7,9-12H,2-3,8H2,1H3. The van der Waals surface area contributed by atoms with Crippen LogP contribution in [-0.2, 0) is 11.3 Å². The zero-order chi connectivity index (χ0) is 34.9. The summed E-state index contributed by atoms with van der Waals surface area (Å²) in [6.07, 6.45) is 10.1. The number of carbonyl (C=O) groups is 2. The van der Waals surface area contributed by atoms with Crippen molar-refractivity contribution in [2.24, 2.45) is 5.92 Å². The first-order valence-electron chi connectivity index (χ1n) is 17.1. The summed E-state index contributed by atoms with van der Waals surface area (Å²) in [5, 5.41) is 10.9. The van der Waals surface area contributed by atoms with Crippen LogP contribution in [0.5, 0.6) is 11.5 Å². The van der Waals surface area contributed by atoms with Gasteiger partial charge >= 0.3 is 5.97 Å². The van der Waals surface area contributed by atoms with Crippen LogP contribution in [0.25, 0.3) is 44.7 Å². The van der Waals surface area contributed by atoms with Gasteiger partial charge in [-0.1, -0.05) is 32.8 Å². The highest BCUT2D eigenvalue weighted by Crippen LogP contribution is 2.32. The van der Waals surface area contributed by atoms with Crippen LogP contribution in [0.4, 0.5) is 0 Å². The third-order valence-electron chi connectivity index (χ3n) is 8.54. The number of benzene rings is 2. The van der Waals surface area contributed by atoms with E-state index in [4.69, 9.17) is 23.4 Å². The van der Waals surface area contributed by atoms with Gasteiger partial charge in [-0.25, -0.2) is 0 Å². The number of hydrogen-bond donors (Lipinski definition) is 1. The van der Waals surface area contributed by atoms with Gasteiger partial charge in [0.1, 0.15) is 34.1 Å².